The molecule has 0 aliphatic heterocycles. The molecule has 1 radical (unpaired) electrons. The smallest absolute Gasteiger partial charge is 0.332 e. The average Bonchev–Trinajstić information content (AvgIpc) is 2.57. The molecule has 0 bridgehead atoms. The van der Waals surface area contributed by atoms with E-state index in [2.05, 4.69) is 26.2 Å². The molecule has 0 aromatic carbocycles. The Balaban J connectivity index is 2.11. The fourth-order valence-corrected chi connectivity index (χ4v) is 0.699. The molecule has 1 rings (SSSR count). The maximum absolute atomic E-state index is 10.8. The number of rotatable bonds is 5. The molecule has 6 nitrogen and oxygen atoms in total. The van der Waals surface area contributed by atoms with Gasteiger partial charge in [-0.05, 0) is 6.92 Å². The van der Waals surface area contributed by atoms with Crippen molar-refractivity contribution in [2.75, 3.05) is 13.2 Å². The van der Waals surface area contributed by atoms with Crippen molar-refractivity contribution >= 4 is 5.97 Å². The molecular weight excluding hydrogens is 174 g/mol. The zero-order valence-electron chi connectivity index (χ0n) is 7.24. The third-order valence-corrected chi connectivity index (χ3v) is 1.18. The lowest BCUT2D eigenvalue weighted by Gasteiger charge is -2.01. The number of H-pyrrole nitrogens is 1. The van der Waals surface area contributed by atoms with Gasteiger partial charge in [0.05, 0.1) is 6.61 Å². The van der Waals surface area contributed by atoms with Crippen molar-refractivity contribution in [3.8, 4) is 0 Å². The minimum absolute atomic E-state index is 0.0749. The second-order valence-corrected chi connectivity index (χ2v) is 2.18. The van der Waals surface area contributed by atoms with Crippen molar-refractivity contribution in [2.24, 2.45) is 0 Å². The van der Waals surface area contributed by atoms with Crippen LogP contribution in [0.15, 0.2) is 0 Å². The molecule has 0 amide bonds. The van der Waals surface area contributed by atoms with Gasteiger partial charge in [0.2, 0.25) is 0 Å². The number of carbonyl (C=O) groups is 1. The van der Waals surface area contributed by atoms with Crippen LogP contribution in [0.25, 0.3) is 0 Å². The van der Waals surface area contributed by atoms with Crippen LogP contribution in [0.5, 0.6) is 0 Å². The summed E-state index contributed by atoms with van der Waals surface area (Å²) in [5.74, 6) is 0.148. The van der Waals surface area contributed by atoms with Crippen molar-refractivity contribution in [3.63, 3.8) is 0 Å². The van der Waals surface area contributed by atoms with E-state index in [1.807, 2.05) is 0 Å². The summed E-state index contributed by atoms with van der Waals surface area (Å²) in [6.45, 7) is 2.23. The van der Waals surface area contributed by atoms with Crippen molar-refractivity contribution in [2.45, 2.75) is 13.5 Å². The zero-order valence-corrected chi connectivity index (χ0v) is 7.24. The lowest BCUT2D eigenvalue weighted by atomic mass is 10.6. The third-order valence-electron chi connectivity index (χ3n) is 1.18. The summed E-state index contributed by atoms with van der Waals surface area (Å²) in [6, 6.07) is 0. The zero-order chi connectivity index (χ0) is 9.52. The molecule has 0 saturated heterocycles. The molecule has 71 valence electrons. The fourth-order valence-electron chi connectivity index (χ4n) is 0.699. The summed E-state index contributed by atoms with van der Waals surface area (Å²) in [7, 11) is 0. The third kappa shape index (κ3) is 3.66. The van der Waals surface area contributed by atoms with Gasteiger partial charge in [0, 0.05) is 0 Å². The Morgan fingerprint density at radius 2 is 2.54 bits per heavy atom. The first-order chi connectivity index (χ1) is 6.33. The van der Waals surface area contributed by atoms with Crippen molar-refractivity contribution < 1.29 is 14.3 Å². The number of hydrogen-bond acceptors (Lipinski definition) is 5. The number of ether oxygens (including phenoxy) is 2. The van der Waals surface area contributed by atoms with Crippen LogP contribution in [0.2, 0.25) is 0 Å². The molecule has 1 N–H and O–H groups in total. The van der Waals surface area contributed by atoms with E-state index < -0.39 is 0 Å². The Labute approximate surface area is 75.3 Å². The van der Waals surface area contributed by atoms with E-state index in [9.17, 15) is 4.79 Å². The maximum Gasteiger partial charge on any atom is 0.332 e. The molecule has 0 aliphatic rings. The van der Waals surface area contributed by atoms with Crippen molar-refractivity contribution in [3.05, 3.63) is 12.2 Å². The standard InChI is InChI=1S/C7H10N3O3/c1-2-13-7(11)4-12-3-6-8-5-9-10-6/h2-4H2,1H3,(H,8,9,10). The molecule has 1 heterocycles. The first kappa shape index (κ1) is 9.66. The molecule has 1 aromatic heterocycles. The van der Waals surface area contributed by atoms with Crippen molar-refractivity contribution in [1.29, 1.82) is 0 Å². The van der Waals surface area contributed by atoms with Gasteiger partial charge in [0.25, 0.3) is 0 Å². The molecule has 0 unspecified atom stereocenters. The largest absolute Gasteiger partial charge is 0.464 e. The molecular formula is C7H10N3O3. The second-order valence-electron chi connectivity index (χ2n) is 2.18. The second kappa shape index (κ2) is 5.26. The molecule has 0 spiro atoms. The van der Waals surface area contributed by atoms with Gasteiger partial charge < -0.3 is 14.5 Å². The minimum atomic E-state index is -0.383. The summed E-state index contributed by atoms with van der Waals surface area (Å²) < 4.78 is 9.61. The average molecular weight is 184 g/mol. The Morgan fingerprint density at radius 1 is 1.69 bits per heavy atom. The lowest BCUT2D eigenvalue weighted by Crippen LogP contribution is -2.12. The predicted molar refractivity (Wildman–Crippen MR) is 41.5 cm³/mol. The number of aromatic nitrogens is 3. The number of nitrogens with zero attached hydrogens (tertiary/aromatic N) is 2. The van der Waals surface area contributed by atoms with Gasteiger partial charge in [-0.15, -0.1) is 10.2 Å². The minimum Gasteiger partial charge on any atom is -0.464 e. The van der Waals surface area contributed by atoms with E-state index in [1.165, 1.54) is 0 Å². The number of aromatic amines is 1. The molecule has 0 aliphatic carbocycles. The van der Waals surface area contributed by atoms with Crippen LogP contribution in [0, 0.1) is 6.33 Å². The van der Waals surface area contributed by atoms with E-state index in [4.69, 9.17) is 4.74 Å². The van der Waals surface area contributed by atoms with Gasteiger partial charge in [-0.1, -0.05) is 0 Å². The van der Waals surface area contributed by atoms with Gasteiger partial charge >= 0.3 is 5.97 Å². The normalized spacial score (nSPS) is 9.92. The molecule has 6 heteroatoms. The molecule has 1 aromatic rings. The van der Waals surface area contributed by atoms with Gasteiger partial charge in [0.1, 0.15) is 13.2 Å². The molecule has 0 atom stereocenters. The van der Waals surface area contributed by atoms with Crippen LogP contribution in [0.3, 0.4) is 0 Å². The van der Waals surface area contributed by atoms with Gasteiger partial charge in [-0.25, -0.2) is 4.79 Å². The predicted octanol–water partition coefficient (Wildman–Crippen LogP) is -0.315. The molecule has 13 heavy (non-hydrogen) atoms. The summed E-state index contributed by atoms with van der Waals surface area (Å²) in [6.07, 6.45) is 2.41. The first-order valence-electron chi connectivity index (χ1n) is 3.84. The van der Waals surface area contributed by atoms with Crippen molar-refractivity contribution in [1.82, 2.24) is 15.2 Å². The SMILES string of the molecule is CCOC(=O)COCc1nn[c][nH]1. The quantitative estimate of drug-likeness (QED) is 0.635. The molecule has 0 fully saturated rings. The highest BCUT2D eigenvalue weighted by Crippen LogP contribution is 1.90. The summed E-state index contributed by atoms with van der Waals surface area (Å²) in [4.78, 5) is 13.4. The maximum atomic E-state index is 10.8. The highest BCUT2D eigenvalue weighted by molar-refractivity contribution is 5.70. The van der Waals surface area contributed by atoms with Crippen LogP contribution in [-0.4, -0.2) is 34.4 Å². The van der Waals surface area contributed by atoms with Crippen LogP contribution in [-0.2, 0) is 20.9 Å². The number of esters is 1. The monoisotopic (exact) mass is 184 g/mol. The first-order valence-corrected chi connectivity index (χ1v) is 3.84. The van der Waals surface area contributed by atoms with Crippen LogP contribution < -0.4 is 0 Å². The van der Waals surface area contributed by atoms with E-state index >= 15 is 0 Å². The number of carbonyl (C=O) groups excluding carboxylic acids is 1. The summed E-state index contributed by atoms with van der Waals surface area (Å²) in [5.41, 5.74) is 0. The Morgan fingerprint density at radius 3 is 3.15 bits per heavy atom. The fraction of sp³-hybridized carbons (Fsp3) is 0.571. The summed E-state index contributed by atoms with van der Waals surface area (Å²) >= 11 is 0. The Bertz CT molecular complexity index is 247. The van der Waals surface area contributed by atoms with Gasteiger partial charge in [-0.3, -0.25) is 0 Å². The Kier molecular flexibility index (Phi) is 3.90. The van der Waals surface area contributed by atoms with E-state index in [0.717, 1.165) is 0 Å². The molecule has 0 saturated carbocycles. The van der Waals surface area contributed by atoms with E-state index in [1.54, 1.807) is 6.92 Å². The highest BCUT2D eigenvalue weighted by Gasteiger charge is 2.02. The van der Waals surface area contributed by atoms with Crippen LogP contribution in [0.4, 0.5) is 0 Å². The van der Waals surface area contributed by atoms with E-state index in [0.29, 0.717) is 12.4 Å². The lowest BCUT2D eigenvalue weighted by molar-refractivity contribution is -0.148. The van der Waals surface area contributed by atoms with Gasteiger partial charge in [0.15, 0.2) is 12.2 Å². The Hall–Kier alpha value is -1.43. The van der Waals surface area contributed by atoms with E-state index in [-0.39, 0.29) is 19.2 Å². The topological polar surface area (TPSA) is 77.1 Å². The van der Waals surface area contributed by atoms with Gasteiger partial charge in [-0.2, -0.15) is 0 Å². The summed E-state index contributed by atoms with van der Waals surface area (Å²) in [5, 5.41) is 7.05. The van der Waals surface area contributed by atoms with Crippen LogP contribution in [0.1, 0.15) is 12.7 Å². The number of nitrogens with one attached hydrogen (secondary N) is 1. The van der Waals surface area contributed by atoms with Crippen LogP contribution >= 0.6 is 0 Å². The number of hydrogen-bond donors (Lipinski definition) is 1. The highest BCUT2D eigenvalue weighted by atomic mass is 16.6.